The second-order valence-electron chi connectivity index (χ2n) is 5.17. The summed E-state index contributed by atoms with van der Waals surface area (Å²) in [7, 11) is 0. The minimum atomic E-state index is 0.661. The van der Waals surface area contributed by atoms with Gasteiger partial charge in [0.2, 0.25) is 0 Å². The Labute approximate surface area is 124 Å². The highest BCUT2D eigenvalue weighted by atomic mass is 16.5. The topological polar surface area (TPSA) is 52.5 Å². The van der Waals surface area contributed by atoms with Crippen molar-refractivity contribution >= 4 is 11.5 Å². The van der Waals surface area contributed by atoms with E-state index in [0.717, 1.165) is 28.3 Å². The van der Waals surface area contributed by atoms with Crippen LogP contribution in [-0.4, -0.2) is 16.0 Å². The van der Waals surface area contributed by atoms with Gasteiger partial charge in [-0.3, -0.25) is 4.40 Å². The molecule has 0 radical (unpaired) electrons. The number of hydrogen-bond donors (Lipinski definition) is 1. The highest BCUT2D eigenvalue weighted by molar-refractivity contribution is 5.75. The smallest absolute Gasteiger partial charge is 0.139 e. The number of nitrogens with zero attached hydrogens (tertiary/aromatic N) is 2. The molecule has 0 aliphatic rings. The molecule has 0 unspecified atom stereocenters. The van der Waals surface area contributed by atoms with E-state index in [0.29, 0.717) is 12.4 Å². The number of aryl methyl sites for hydroxylation is 2. The third kappa shape index (κ3) is 2.33. The third-order valence-electron chi connectivity index (χ3n) is 3.52. The summed E-state index contributed by atoms with van der Waals surface area (Å²) in [6.45, 7) is 6.74. The van der Waals surface area contributed by atoms with Gasteiger partial charge < -0.3 is 10.5 Å². The summed E-state index contributed by atoms with van der Waals surface area (Å²) in [6.07, 6.45) is 0. The third-order valence-corrected chi connectivity index (χ3v) is 3.52. The Bertz CT molecular complexity index is 788. The van der Waals surface area contributed by atoms with Crippen LogP contribution >= 0.6 is 0 Å². The van der Waals surface area contributed by atoms with Crippen LogP contribution in [-0.2, 0) is 0 Å². The largest absolute Gasteiger partial charge is 0.494 e. The van der Waals surface area contributed by atoms with Gasteiger partial charge in [0.15, 0.2) is 0 Å². The number of imidazole rings is 1. The fourth-order valence-electron chi connectivity index (χ4n) is 2.65. The Hall–Kier alpha value is -2.49. The SMILES string of the molecule is CCOc1ccc(-c2nc3cc(C)cc(C)n3c2N)cc1. The van der Waals surface area contributed by atoms with E-state index in [-0.39, 0.29) is 0 Å². The number of hydrogen-bond acceptors (Lipinski definition) is 3. The van der Waals surface area contributed by atoms with E-state index in [4.69, 9.17) is 10.5 Å². The summed E-state index contributed by atoms with van der Waals surface area (Å²) in [5.41, 5.74) is 11.3. The molecule has 0 fully saturated rings. The number of fused-ring (bicyclic) bond motifs is 1. The molecule has 0 amide bonds. The van der Waals surface area contributed by atoms with E-state index in [1.54, 1.807) is 0 Å². The van der Waals surface area contributed by atoms with Gasteiger partial charge in [-0.25, -0.2) is 4.98 Å². The van der Waals surface area contributed by atoms with Gasteiger partial charge in [0.05, 0.1) is 6.61 Å². The average molecular weight is 281 g/mol. The maximum atomic E-state index is 6.29. The number of ether oxygens (including phenoxy) is 1. The quantitative estimate of drug-likeness (QED) is 0.798. The minimum Gasteiger partial charge on any atom is -0.494 e. The molecule has 4 heteroatoms. The van der Waals surface area contributed by atoms with Crippen molar-refractivity contribution < 1.29 is 4.74 Å². The molecule has 21 heavy (non-hydrogen) atoms. The van der Waals surface area contributed by atoms with Gasteiger partial charge in [-0.1, -0.05) is 0 Å². The van der Waals surface area contributed by atoms with Crippen molar-refractivity contribution in [3.63, 3.8) is 0 Å². The Morgan fingerprint density at radius 1 is 1.14 bits per heavy atom. The Kier molecular flexibility index (Phi) is 3.29. The van der Waals surface area contributed by atoms with Crippen molar-refractivity contribution in [2.45, 2.75) is 20.8 Å². The predicted molar refractivity (Wildman–Crippen MR) is 85.7 cm³/mol. The molecule has 0 bridgehead atoms. The first-order chi connectivity index (χ1) is 10.1. The molecule has 3 rings (SSSR count). The summed E-state index contributed by atoms with van der Waals surface area (Å²) < 4.78 is 7.45. The van der Waals surface area contributed by atoms with Crippen LogP contribution in [0.4, 0.5) is 5.82 Å². The van der Waals surface area contributed by atoms with E-state index >= 15 is 0 Å². The molecule has 0 atom stereocenters. The fraction of sp³-hybridized carbons (Fsp3) is 0.235. The van der Waals surface area contributed by atoms with Gasteiger partial charge >= 0.3 is 0 Å². The summed E-state index contributed by atoms with van der Waals surface area (Å²) in [4.78, 5) is 4.68. The molecule has 1 aromatic carbocycles. The second kappa shape index (κ2) is 5.13. The van der Waals surface area contributed by atoms with Crippen LogP contribution in [0.25, 0.3) is 16.9 Å². The Morgan fingerprint density at radius 3 is 2.52 bits per heavy atom. The van der Waals surface area contributed by atoms with Crippen LogP contribution in [0.3, 0.4) is 0 Å². The highest BCUT2D eigenvalue weighted by Gasteiger charge is 2.13. The molecule has 0 spiro atoms. The molecular weight excluding hydrogens is 262 g/mol. The summed E-state index contributed by atoms with van der Waals surface area (Å²) >= 11 is 0. The number of nitrogens with two attached hydrogens (primary N) is 1. The van der Waals surface area contributed by atoms with Gasteiger partial charge in [-0.2, -0.15) is 0 Å². The van der Waals surface area contributed by atoms with Crippen LogP contribution in [0.1, 0.15) is 18.2 Å². The molecule has 0 saturated heterocycles. The first-order valence-electron chi connectivity index (χ1n) is 7.08. The number of rotatable bonds is 3. The van der Waals surface area contributed by atoms with Gasteiger partial charge in [-0.05, 0) is 62.7 Å². The van der Waals surface area contributed by atoms with Crippen LogP contribution in [0.5, 0.6) is 5.75 Å². The number of benzene rings is 1. The van der Waals surface area contributed by atoms with E-state index < -0.39 is 0 Å². The molecule has 3 aromatic rings. The average Bonchev–Trinajstić information content (AvgIpc) is 2.77. The van der Waals surface area contributed by atoms with Crippen molar-refractivity contribution in [3.05, 3.63) is 47.7 Å². The van der Waals surface area contributed by atoms with E-state index in [1.807, 2.05) is 48.6 Å². The van der Waals surface area contributed by atoms with E-state index in [9.17, 15) is 0 Å². The molecule has 4 nitrogen and oxygen atoms in total. The standard InChI is InChI=1S/C17H19N3O/c1-4-21-14-7-5-13(6-8-14)16-17(18)20-12(3)9-11(2)10-15(20)19-16/h5-10H,4,18H2,1-3H3. The lowest BCUT2D eigenvalue weighted by Gasteiger charge is -2.05. The first-order valence-corrected chi connectivity index (χ1v) is 7.08. The lowest BCUT2D eigenvalue weighted by molar-refractivity contribution is 0.340. The maximum absolute atomic E-state index is 6.29. The number of anilines is 1. The summed E-state index contributed by atoms with van der Waals surface area (Å²) in [5.74, 6) is 1.53. The zero-order valence-corrected chi connectivity index (χ0v) is 12.6. The Balaban J connectivity index is 2.12. The van der Waals surface area contributed by atoms with Crippen LogP contribution in [0.15, 0.2) is 36.4 Å². The number of aromatic nitrogens is 2. The van der Waals surface area contributed by atoms with Gasteiger partial charge in [-0.15, -0.1) is 0 Å². The highest BCUT2D eigenvalue weighted by Crippen LogP contribution is 2.29. The lowest BCUT2D eigenvalue weighted by Crippen LogP contribution is -1.98. The van der Waals surface area contributed by atoms with E-state index in [2.05, 4.69) is 18.0 Å². The molecule has 108 valence electrons. The van der Waals surface area contributed by atoms with Gasteiger partial charge in [0, 0.05) is 11.3 Å². The molecule has 2 heterocycles. The molecule has 2 N–H and O–H groups in total. The van der Waals surface area contributed by atoms with Crippen LogP contribution < -0.4 is 10.5 Å². The van der Waals surface area contributed by atoms with Gasteiger partial charge in [0.25, 0.3) is 0 Å². The molecule has 2 aromatic heterocycles. The second-order valence-corrected chi connectivity index (χ2v) is 5.17. The molecule has 0 aliphatic heterocycles. The lowest BCUT2D eigenvalue weighted by atomic mass is 10.1. The number of pyridine rings is 1. The molecule has 0 saturated carbocycles. The van der Waals surface area contributed by atoms with Crippen molar-refractivity contribution in [2.24, 2.45) is 0 Å². The Morgan fingerprint density at radius 2 is 1.86 bits per heavy atom. The van der Waals surface area contributed by atoms with Crippen molar-refractivity contribution in [1.82, 2.24) is 9.38 Å². The zero-order valence-electron chi connectivity index (χ0n) is 12.6. The van der Waals surface area contributed by atoms with E-state index in [1.165, 1.54) is 5.56 Å². The summed E-state index contributed by atoms with van der Waals surface area (Å²) in [5, 5.41) is 0. The molecular formula is C17H19N3O. The summed E-state index contributed by atoms with van der Waals surface area (Å²) in [6, 6.07) is 12.0. The fourth-order valence-corrected chi connectivity index (χ4v) is 2.65. The van der Waals surface area contributed by atoms with Crippen LogP contribution in [0.2, 0.25) is 0 Å². The monoisotopic (exact) mass is 281 g/mol. The first kappa shape index (κ1) is 13.5. The zero-order chi connectivity index (χ0) is 15.0. The van der Waals surface area contributed by atoms with Crippen molar-refractivity contribution in [2.75, 3.05) is 12.3 Å². The maximum Gasteiger partial charge on any atom is 0.139 e. The predicted octanol–water partition coefficient (Wildman–Crippen LogP) is 3.60. The number of nitrogen functional groups attached to an aromatic ring is 1. The van der Waals surface area contributed by atoms with Crippen molar-refractivity contribution in [3.8, 4) is 17.0 Å². The van der Waals surface area contributed by atoms with Gasteiger partial charge in [0.1, 0.15) is 22.9 Å². The molecule has 0 aliphatic carbocycles. The minimum absolute atomic E-state index is 0.661. The normalized spacial score (nSPS) is 11.0. The van der Waals surface area contributed by atoms with Crippen LogP contribution in [0, 0.1) is 13.8 Å². The van der Waals surface area contributed by atoms with Crippen molar-refractivity contribution in [1.29, 1.82) is 0 Å².